The highest BCUT2D eigenvalue weighted by molar-refractivity contribution is 6.45. The van der Waals surface area contributed by atoms with Crippen molar-refractivity contribution < 1.29 is 14.7 Å². The molecular weight excluding hydrogens is 184 g/mol. The maximum atomic E-state index is 10.9. The summed E-state index contributed by atoms with van der Waals surface area (Å²) in [7, 11) is 0. The molecule has 1 N–H and O–H groups in total. The highest BCUT2D eigenvalue weighted by Crippen LogP contribution is 2.16. The van der Waals surface area contributed by atoms with Crippen LogP contribution in [0.4, 0.5) is 4.79 Å². The number of aliphatic carboxylic acids is 1. The maximum absolute atomic E-state index is 10.9. The number of rotatable bonds is 1. The molecule has 14 heavy (non-hydrogen) atoms. The number of amides is 2. The fourth-order valence-corrected chi connectivity index (χ4v) is 1.36. The number of hydrogen-bond donors (Lipinski definition) is 1. The number of urea groups is 1. The van der Waals surface area contributed by atoms with Crippen LogP contribution in [0.3, 0.4) is 0 Å². The molecule has 1 atom stereocenters. The van der Waals surface area contributed by atoms with E-state index < -0.39 is 17.9 Å². The minimum Gasteiger partial charge on any atom is -0.477 e. The maximum Gasteiger partial charge on any atom is 0.367 e. The number of fused-ring (bicyclic) bond motifs is 1. The van der Waals surface area contributed by atoms with E-state index in [4.69, 9.17) is 5.11 Å². The van der Waals surface area contributed by atoms with Crippen LogP contribution in [0.2, 0.25) is 0 Å². The molecule has 2 rings (SSSR count). The van der Waals surface area contributed by atoms with Gasteiger partial charge in [-0.25, -0.2) is 9.59 Å². The summed E-state index contributed by atoms with van der Waals surface area (Å²) in [5, 5.41) is 8.80. The Balaban J connectivity index is 2.46. The molecule has 1 aliphatic heterocycles. The molecule has 0 aromatic heterocycles. The summed E-state index contributed by atoms with van der Waals surface area (Å²) >= 11 is 0. The minimum absolute atomic E-state index is 0.166. The lowest BCUT2D eigenvalue weighted by Crippen LogP contribution is -2.33. The molecule has 0 spiro atoms. The Morgan fingerprint density at radius 3 is 2.86 bits per heavy atom. The van der Waals surface area contributed by atoms with Crippen molar-refractivity contribution in [1.82, 2.24) is 0 Å². The standard InChI is InChI=1S/C9H6N2O3/c12-8(13)7-5-3-1-2-4-6(5)10-9(14)11-7/h1-5H,(H,12,13). The summed E-state index contributed by atoms with van der Waals surface area (Å²) in [5.74, 6) is -1.68. The Kier molecular flexibility index (Phi) is 1.85. The smallest absolute Gasteiger partial charge is 0.367 e. The fraction of sp³-hybridized carbons (Fsp3) is 0.111. The zero-order valence-corrected chi connectivity index (χ0v) is 7.04. The summed E-state index contributed by atoms with van der Waals surface area (Å²) < 4.78 is 0. The molecule has 0 aromatic rings. The second-order valence-corrected chi connectivity index (χ2v) is 2.84. The number of hydrogen-bond acceptors (Lipinski definition) is 2. The first-order valence-corrected chi connectivity index (χ1v) is 3.98. The van der Waals surface area contributed by atoms with E-state index in [-0.39, 0.29) is 5.71 Å². The lowest BCUT2D eigenvalue weighted by Gasteiger charge is -2.17. The van der Waals surface area contributed by atoms with Crippen molar-refractivity contribution in [2.45, 2.75) is 0 Å². The van der Waals surface area contributed by atoms with Crippen molar-refractivity contribution >= 4 is 23.4 Å². The van der Waals surface area contributed by atoms with Crippen molar-refractivity contribution in [2.75, 3.05) is 0 Å². The second kappa shape index (κ2) is 3.02. The van der Waals surface area contributed by atoms with Gasteiger partial charge in [0.25, 0.3) is 0 Å². The number of aliphatic imine (C=N–C) groups is 2. The number of nitrogens with zero attached hydrogens (tertiary/aromatic N) is 2. The van der Waals surface area contributed by atoms with Crippen molar-refractivity contribution in [1.29, 1.82) is 0 Å². The van der Waals surface area contributed by atoms with Crippen LogP contribution in [0.25, 0.3) is 0 Å². The Morgan fingerprint density at radius 2 is 2.14 bits per heavy atom. The third-order valence-corrected chi connectivity index (χ3v) is 1.95. The predicted octanol–water partition coefficient (Wildman–Crippen LogP) is 0.829. The topological polar surface area (TPSA) is 79.1 Å². The van der Waals surface area contributed by atoms with Crippen LogP contribution < -0.4 is 0 Å². The molecule has 5 heteroatoms. The van der Waals surface area contributed by atoms with Crippen molar-refractivity contribution in [3.8, 4) is 0 Å². The van der Waals surface area contributed by atoms with Gasteiger partial charge in [0.15, 0.2) is 0 Å². The number of carboxylic acids is 1. The van der Waals surface area contributed by atoms with E-state index in [1.165, 1.54) is 0 Å². The largest absolute Gasteiger partial charge is 0.477 e. The predicted molar refractivity (Wildman–Crippen MR) is 49.7 cm³/mol. The van der Waals surface area contributed by atoms with Gasteiger partial charge in [-0.2, -0.15) is 9.98 Å². The molecule has 1 aliphatic carbocycles. The van der Waals surface area contributed by atoms with E-state index >= 15 is 0 Å². The zero-order chi connectivity index (χ0) is 10.1. The van der Waals surface area contributed by atoms with Gasteiger partial charge in [-0.05, 0) is 6.08 Å². The number of carbonyl (C=O) groups is 2. The summed E-state index contributed by atoms with van der Waals surface area (Å²) in [6, 6.07) is -0.756. The Bertz CT molecular complexity index is 429. The van der Waals surface area contributed by atoms with E-state index in [1.807, 2.05) is 0 Å². The summed E-state index contributed by atoms with van der Waals surface area (Å²) in [6.07, 6.45) is 6.67. The molecule has 5 nitrogen and oxygen atoms in total. The third kappa shape index (κ3) is 1.28. The Morgan fingerprint density at radius 1 is 1.36 bits per heavy atom. The van der Waals surface area contributed by atoms with Gasteiger partial charge in [0.05, 0.1) is 11.6 Å². The second-order valence-electron chi connectivity index (χ2n) is 2.84. The molecule has 1 heterocycles. The van der Waals surface area contributed by atoms with Crippen LogP contribution in [0.15, 0.2) is 34.3 Å². The van der Waals surface area contributed by atoms with E-state index in [1.54, 1.807) is 24.3 Å². The molecule has 0 bridgehead atoms. The first-order valence-electron chi connectivity index (χ1n) is 3.98. The molecule has 70 valence electrons. The van der Waals surface area contributed by atoms with Gasteiger partial charge in [0.2, 0.25) is 0 Å². The van der Waals surface area contributed by atoms with Crippen LogP contribution in [0.5, 0.6) is 0 Å². The Hall–Kier alpha value is -2.04. The number of allylic oxidation sites excluding steroid dienone is 4. The van der Waals surface area contributed by atoms with Crippen molar-refractivity contribution in [3.05, 3.63) is 24.3 Å². The molecule has 0 radical (unpaired) electrons. The van der Waals surface area contributed by atoms with Crippen LogP contribution in [-0.2, 0) is 4.79 Å². The molecule has 2 aliphatic rings. The zero-order valence-electron chi connectivity index (χ0n) is 7.04. The molecule has 1 unspecified atom stereocenters. The van der Waals surface area contributed by atoms with Gasteiger partial charge in [-0.15, -0.1) is 0 Å². The lowest BCUT2D eigenvalue weighted by atomic mass is 9.92. The van der Waals surface area contributed by atoms with Gasteiger partial charge in [-0.1, -0.05) is 18.2 Å². The average molecular weight is 190 g/mol. The molecule has 0 saturated heterocycles. The highest BCUT2D eigenvalue weighted by atomic mass is 16.4. The van der Waals surface area contributed by atoms with Gasteiger partial charge < -0.3 is 5.11 Å². The summed E-state index contributed by atoms with van der Waals surface area (Å²) in [4.78, 5) is 28.7. The van der Waals surface area contributed by atoms with Gasteiger partial charge >= 0.3 is 12.0 Å². The molecule has 2 amide bonds. The van der Waals surface area contributed by atoms with E-state index in [2.05, 4.69) is 9.98 Å². The normalized spacial score (nSPS) is 24.0. The molecular formula is C9H6N2O3. The monoisotopic (exact) mass is 190 g/mol. The minimum atomic E-state index is -1.18. The van der Waals surface area contributed by atoms with Gasteiger partial charge in [-0.3, -0.25) is 0 Å². The average Bonchev–Trinajstić information content (AvgIpc) is 2.16. The van der Waals surface area contributed by atoms with Crippen molar-refractivity contribution in [2.24, 2.45) is 15.9 Å². The molecule has 0 aromatic carbocycles. The number of carbonyl (C=O) groups excluding carboxylic acids is 1. The van der Waals surface area contributed by atoms with E-state index in [0.29, 0.717) is 5.71 Å². The van der Waals surface area contributed by atoms with Crippen LogP contribution in [-0.4, -0.2) is 28.5 Å². The van der Waals surface area contributed by atoms with Crippen LogP contribution >= 0.6 is 0 Å². The Labute approximate surface area is 79.2 Å². The SMILES string of the molecule is O=C1N=C2C=CC=CC2C(C(=O)O)=N1. The van der Waals surface area contributed by atoms with Crippen LogP contribution in [0.1, 0.15) is 0 Å². The van der Waals surface area contributed by atoms with E-state index in [0.717, 1.165) is 0 Å². The number of carboxylic acid groups (broad SMARTS) is 1. The summed E-state index contributed by atoms with van der Waals surface area (Å²) in [5.41, 5.74) is 0.269. The van der Waals surface area contributed by atoms with Crippen molar-refractivity contribution in [3.63, 3.8) is 0 Å². The highest BCUT2D eigenvalue weighted by Gasteiger charge is 2.29. The first-order chi connectivity index (χ1) is 6.68. The third-order valence-electron chi connectivity index (χ3n) is 1.95. The van der Waals surface area contributed by atoms with Gasteiger partial charge in [0, 0.05) is 0 Å². The van der Waals surface area contributed by atoms with E-state index in [9.17, 15) is 9.59 Å². The van der Waals surface area contributed by atoms with Gasteiger partial charge in [0.1, 0.15) is 5.71 Å². The quantitative estimate of drug-likeness (QED) is 0.665. The summed E-state index contributed by atoms with van der Waals surface area (Å²) in [6.45, 7) is 0. The molecule has 0 fully saturated rings. The van der Waals surface area contributed by atoms with Crippen LogP contribution in [0, 0.1) is 5.92 Å². The fourth-order valence-electron chi connectivity index (χ4n) is 1.36. The lowest BCUT2D eigenvalue weighted by molar-refractivity contribution is -0.129. The molecule has 0 saturated carbocycles. The first kappa shape index (κ1) is 8.55.